The van der Waals surface area contributed by atoms with Gasteiger partial charge < -0.3 is 14.6 Å². The summed E-state index contributed by atoms with van der Waals surface area (Å²) in [7, 11) is 0. The molecule has 2 fully saturated rings. The van der Waals surface area contributed by atoms with Crippen LogP contribution in [0.25, 0.3) is 0 Å². The molecule has 1 aromatic rings. The lowest BCUT2D eigenvalue weighted by atomic mass is 9.72. The minimum atomic E-state index is -0.855. The van der Waals surface area contributed by atoms with Gasteiger partial charge in [-0.05, 0) is 25.3 Å². The van der Waals surface area contributed by atoms with Gasteiger partial charge in [0, 0.05) is 0 Å². The number of hydrogen-bond donors (Lipinski definition) is 1. The van der Waals surface area contributed by atoms with E-state index < -0.39 is 6.09 Å². The van der Waals surface area contributed by atoms with Crippen molar-refractivity contribution in [2.24, 2.45) is 0 Å². The molecule has 1 aliphatic carbocycles. The second kappa shape index (κ2) is 5.66. The van der Waals surface area contributed by atoms with Crippen LogP contribution in [0.5, 0.6) is 0 Å². The van der Waals surface area contributed by atoms with Gasteiger partial charge in [-0.15, -0.1) is 0 Å². The van der Waals surface area contributed by atoms with Crippen LogP contribution < -0.4 is 0 Å². The molecular formula is C16H21NO4. The lowest BCUT2D eigenvalue weighted by molar-refractivity contribution is -0.173. The molecule has 1 atom stereocenters. The fourth-order valence-corrected chi connectivity index (χ4v) is 3.19. The van der Waals surface area contributed by atoms with E-state index in [-0.39, 0.29) is 17.7 Å². The zero-order valence-corrected chi connectivity index (χ0v) is 12.2. The molecule has 1 amide bonds. The maximum absolute atomic E-state index is 11.4. The first-order chi connectivity index (χ1) is 10.1. The van der Waals surface area contributed by atoms with Crippen LogP contribution in [0.3, 0.4) is 0 Å². The van der Waals surface area contributed by atoms with E-state index in [4.69, 9.17) is 9.47 Å². The maximum Gasteiger partial charge on any atom is 0.407 e. The average Bonchev–Trinajstić information content (AvgIpc) is 2.45. The van der Waals surface area contributed by atoms with E-state index in [0.29, 0.717) is 19.8 Å². The molecule has 0 radical (unpaired) electrons. The summed E-state index contributed by atoms with van der Waals surface area (Å²) in [6.07, 6.45) is 0.671. The highest BCUT2D eigenvalue weighted by atomic mass is 16.5. The third kappa shape index (κ3) is 2.89. The SMILES string of the molecule is C[C@H]1CN(C(=O)O)C2(CO1)CC(OCc1ccccc1)C2. The van der Waals surface area contributed by atoms with Crippen LogP contribution >= 0.6 is 0 Å². The van der Waals surface area contributed by atoms with Crippen molar-refractivity contribution in [1.29, 1.82) is 0 Å². The summed E-state index contributed by atoms with van der Waals surface area (Å²) in [6.45, 7) is 3.41. The summed E-state index contributed by atoms with van der Waals surface area (Å²) >= 11 is 0. The van der Waals surface area contributed by atoms with Gasteiger partial charge in [0.2, 0.25) is 0 Å². The van der Waals surface area contributed by atoms with Crippen molar-refractivity contribution in [1.82, 2.24) is 4.90 Å². The highest BCUT2D eigenvalue weighted by Crippen LogP contribution is 2.42. The van der Waals surface area contributed by atoms with Crippen LogP contribution in [0, 0.1) is 0 Å². The molecule has 1 aromatic carbocycles. The Hall–Kier alpha value is -1.59. The van der Waals surface area contributed by atoms with Gasteiger partial charge in [-0.25, -0.2) is 4.79 Å². The number of carboxylic acid groups (broad SMARTS) is 1. The predicted molar refractivity (Wildman–Crippen MR) is 77.1 cm³/mol. The molecule has 1 aliphatic heterocycles. The van der Waals surface area contributed by atoms with E-state index in [1.807, 2.05) is 37.3 Å². The molecule has 0 aromatic heterocycles. The molecule has 2 aliphatic rings. The average molecular weight is 291 g/mol. The van der Waals surface area contributed by atoms with E-state index in [1.165, 1.54) is 0 Å². The summed E-state index contributed by atoms with van der Waals surface area (Å²) in [5.41, 5.74) is 0.765. The third-order valence-electron chi connectivity index (χ3n) is 4.42. The highest BCUT2D eigenvalue weighted by molar-refractivity contribution is 5.66. The first-order valence-corrected chi connectivity index (χ1v) is 7.37. The van der Waals surface area contributed by atoms with Crippen molar-refractivity contribution in [3.63, 3.8) is 0 Å². The summed E-state index contributed by atoms with van der Waals surface area (Å²) in [5, 5.41) is 9.38. The fourth-order valence-electron chi connectivity index (χ4n) is 3.19. The number of carbonyl (C=O) groups is 1. The quantitative estimate of drug-likeness (QED) is 0.929. The fraction of sp³-hybridized carbons (Fsp3) is 0.562. The largest absolute Gasteiger partial charge is 0.465 e. The van der Waals surface area contributed by atoms with Crippen LogP contribution in [0.4, 0.5) is 4.79 Å². The van der Waals surface area contributed by atoms with Crippen molar-refractivity contribution >= 4 is 6.09 Å². The van der Waals surface area contributed by atoms with Crippen molar-refractivity contribution in [2.75, 3.05) is 13.2 Å². The van der Waals surface area contributed by atoms with Gasteiger partial charge in [-0.3, -0.25) is 4.90 Å². The van der Waals surface area contributed by atoms with Crippen molar-refractivity contribution < 1.29 is 19.4 Å². The minimum Gasteiger partial charge on any atom is -0.465 e. The molecular weight excluding hydrogens is 270 g/mol. The Kier molecular flexibility index (Phi) is 3.87. The van der Waals surface area contributed by atoms with Gasteiger partial charge in [-0.2, -0.15) is 0 Å². The molecule has 1 saturated carbocycles. The van der Waals surface area contributed by atoms with E-state index in [2.05, 4.69) is 0 Å². The Bertz CT molecular complexity index is 498. The molecule has 0 bridgehead atoms. The van der Waals surface area contributed by atoms with Crippen LogP contribution in [0.1, 0.15) is 25.3 Å². The standard InChI is InChI=1S/C16H21NO4/c1-12-9-17(15(18)19)16(11-21-12)7-14(8-16)20-10-13-5-3-2-4-6-13/h2-6,12,14H,7-11H2,1H3,(H,18,19)/t12-,14?,16?/m0/s1. The molecule has 1 N–H and O–H groups in total. The Morgan fingerprint density at radius 2 is 2.14 bits per heavy atom. The van der Waals surface area contributed by atoms with E-state index in [9.17, 15) is 9.90 Å². The number of rotatable bonds is 3. The van der Waals surface area contributed by atoms with Gasteiger partial charge in [0.25, 0.3) is 0 Å². The van der Waals surface area contributed by atoms with Crippen molar-refractivity contribution in [3.8, 4) is 0 Å². The van der Waals surface area contributed by atoms with Crippen molar-refractivity contribution in [3.05, 3.63) is 35.9 Å². The van der Waals surface area contributed by atoms with Gasteiger partial charge >= 0.3 is 6.09 Å². The predicted octanol–water partition coefficient (Wildman–Crippen LogP) is 2.50. The molecule has 3 rings (SSSR count). The molecule has 5 heteroatoms. The Labute approximate surface area is 124 Å². The topological polar surface area (TPSA) is 59.0 Å². The van der Waals surface area contributed by atoms with Crippen LogP contribution in [-0.2, 0) is 16.1 Å². The molecule has 21 heavy (non-hydrogen) atoms. The molecule has 5 nitrogen and oxygen atoms in total. The molecule has 1 spiro atoms. The van der Waals surface area contributed by atoms with Crippen LogP contribution in [-0.4, -0.2) is 47.0 Å². The number of morpholine rings is 1. The molecule has 1 heterocycles. The first-order valence-electron chi connectivity index (χ1n) is 7.37. The number of nitrogens with zero attached hydrogens (tertiary/aromatic N) is 1. The third-order valence-corrected chi connectivity index (χ3v) is 4.42. The van der Waals surface area contributed by atoms with Gasteiger partial charge in [0.05, 0.1) is 37.5 Å². The smallest absolute Gasteiger partial charge is 0.407 e. The number of benzene rings is 1. The second-order valence-corrected chi connectivity index (χ2v) is 6.07. The van der Waals surface area contributed by atoms with Gasteiger partial charge in [0.15, 0.2) is 0 Å². The second-order valence-electron chi connectivity index (χ2n) is 6.07. The maximum atomic E-state index is 11.4. The van der Waals surface area contributed by atoms with E-state index in [0.717, 1.165) is 18.4 Å². The van der Waals surface area contributed by atoms with Crippen LogP contribution in [0.2, 0.25) is 0 Å². The Balaban J connectivity index is 1.55. The van der Waals surface area contributed by atoms with E-state index in [1.54, 1.807) is 4.90 Å². The molecule has 1 saturated heterocycles. The summed E-state index contributed by atoms with van der Waals surface area (Å²) in [4.78, 5) is 13.0. The normalized spacial score (nSPS) is 32.0. The van der Waals surface area contributed by atoms with Gasteiger partial charge in [-0.1, -0.05) is 30.3 Å². The monoisotopic (exact) mass is 291 g/mol. The zero-order valence-electron chi connectivity index (χ0n) is 12.2. The zero-order chi connectivity index (χ0) is 14.9. The lowest BCUT2D eigenvalue weighted by Crippen LogP contribution is -2.68. The first kappa shape index (κ1) is 14.4. The summed E-state index contributed by atoms with van der Waals surface area (Å²) in [6, 6.07) is 10.0. The highest BCUT2D eigenvalue weighted by Gasteiger charge is 2.53. The minimum absolute atomic E-state index is 0.0315. The Morgan fingerprint density at radius 1 is 1.43 bits per heavy atom. The van der Waals surface area contributed by atoms with E-state index >= 15 is 0 Å². The molecule has 0 unspecified atom stereocenters. The molecule has 114 valence electrons. The lowest BCUT2D eigenvalue weighted by Gasteiger charge is -2.55. The number of ether oxygens (including phenoxy) is 2. The summed E-state index contributed by atoms with van der Waals surface area (Å²) < 4.78 is 11.5. The summed E-state index contributed by atoms with van der Waals surface area (Å²) in [5.74, 6) is 0. The Morgan fingerprint density at radius 3 is 2.81 bits per heavy atom. The number of amides is 1. The van der Waals surface area contributed by atoms with Crippen LogP contribution in [0.15, 0.2) is 30.3 Å². The number of hydrogen-bond acceptors (Lipinski definition) is 3. The van der Waals surface area contributed by atoms with Gasteiger partial charge in [0.1, 0.15) is 0 Å². The van der Waals surface area contributed by atoms with Crippen molar-refractivity contribution in [2.45, 2.75) is 44.1 Å².